The van der Waals surface area contributed by atoms with Crippen molar-refractivity contribution in [2.45, 2.75) is 16.3 Å². The molecule has 3 rings (SSSR count). The van der Waals surface area contributed by atoms with Crippen LogP contribution in [-0.2, 0) is 26.6 Å². The topological polar surface area (TPSA) is 112 Å². The minimum absolute atomic E-state index is 0.0261. The number of hydrogen-bond acceptors (Lipinski definition) is 5. The average Bonchev–Trinajstić information content (AvgIpc) is 2.91. The molecule has 0 aliphatic rings. The Kier molecular flexibility index (Phi) is 5.16. The second-order valence-corrected chi connectivity index (χ2v) is 9.98. The predicted molar refractivity (Wildman–Crippen MR) is 104 cm³/mol. The van der Waals surface area contributed by atoms with E-state index >= 15 is 0 Å². The second kappa shape index (κ2) is 7.10. The van der Waals surface area contributed by atoms with Crippen LogP contribution in [0.5, 0.6) is 0 Å². The minimum Gasteiger partial charge on any atom is -0.304 e. The van der Waals surface area contributed by atoms with Crippen LogP contribution in [0.2, 0.25) is 5.02 Å². The van der Waals surface area contributed by atoms with E-state index in [0.717, 1.165) is 11.3 Å². The number of nitrogens with two attached hydrogens (primary N) is 1. The van der Waals surface area contributed by atoms with Crippen molar-refractivity contribution in [3.63, 3.8) is 0 Å². The highest BCUT2D eigenvalue weighted by Gasteiger charge is 2.16. The number of rotatable bonds is 4. The highest BCUT2D eigenvalue weighted by atomic mass is 35.5. The van der Waals surface area contributed by atoms with Gasteiger partial charge in [0.05, 0.1) is 26.6 Å². The van der Waals surface area contributed by atoms with Gasteiger partial charge in [0.25, 0.3) is 10.0 Å². The molecule has 2 N–H and O–H groups in total. The third-order valence-corrected chi connectivity index (χ3v) is 7.14. The molecule has 11 heteroatoms. The van der Waals surface area contributed by atoms with Gasteiger partial charge in [-0.3, -0.25) is 0 Å². The van der Waals surface area contributed by atoms with Gasteiger partial charge in [-0.15, -0.1) is 10.8 Å². The maximum atomic E-state index is 12.6. The Morgan fingerprint density at radius 1 is 1.11 bits per heavy atom. The molecule has 27 heavy (non-hydrogen) atoms. The van der Waals surface area contributed by atoms with Crippen LogP contribution >= 0.6 is 22.9 Å². The van der Waals surface area contributed by atoms with E-state index in [-0.39, 0.29) is 21.1 Å². The van der Waals surface area contributed by atoms with Crippen LogP contribution in [0.15, 0.2) is 56.7 Å². The van der Waals surface area contributed by atoms with Crippen LogP contribution in [-0.4, -0.2) is 21.4 Å². The fraction of sp³-hybridized carbons (Fsp3) is 0.0625. The maximum absolute atomic E-state index is 12.6. The summed E-state index contributed by atoms with van der Waals surface area (Å²) in [6, 6.07) is 9.78. The van der Waals surface area contributed by atoms with Crippen LogP contribution in [0.4, 0.5) is 0 Å². The molecule has 0 aliphatic heterocycles. The SMILES string of the molecule is C#CCn1c(=NS(=O)(=O)c2ccc(Cl)cc2)sc2cc(S(N)(=O)=O)ccc21. The van der Waals surface area contributed by atoms with Gasteiger partial charge in [0.1, 0.15) is 0 Å². The number of thiazole rings is 1. The van der Waals surface area contributed by atoms with Gasteiger partial charge >= 0.3 is 0 Å². The van der Waals surface area contributed by atoms with E-state index in [9.17, 15) is 16.8 Å². The molecule has 140 valence electrons. The number of fused-ring (bicyclic) bond motifs is 1. The number of halogens is 1. The van der Waals surface area contributed by atoms with Gasteiger partial charge in [-0.2, -0.15) is 8.42 Å². The Morgan fingerprint density at radius 3 is 2.33 bits per heavy atom. The lowest BCUT2D eigenvalue weighted by molar-refractivity contribution is 0.595. The number of benzene rings is 2. The van der Waals surface area contributed by atoms with Gasteiger partial charge in [-0.1, -0.05) is 28.9 Å². The number of nitrogens with zero attached hydrogens (tertiary/aromatic N) is 2. The van der Waals surface area contributed by atoms with Crippen molar-refractivity contribution < 1.29 is 16.8 Å². The summed E-state index contributed by atoms with van der Waals surface area (Å²) < 4.78 is 54.1. The first-order valence-corrected chi connectivity index (χ1v) is 11.5. The Hall–Kier alpha value is -2.16. The van der Waals surface area contributed by atoms with Crippen LogP contribution in [0.1, 0.15) is 0 Å². The Labute approximate surface area is 164 Å². The third kappa shape index (κ3) is 4.07. The monoisotopic (exact) mass is 441 g/mol. The third-order valence-electron chi connectivity index (χ3n) is 3.54. The van der Waals surface area contributed by atoms with Gasteiger partial charge in [-0.25, -0.2) is 13.6 Å². The minimum atomic E-state index is -4.01. The summed E-state index contributed by atoms with van der Waals surface area (Å²) in [5.41, 5.74) is 0.551. The highest BCUT2D eigenvalue weighted by Crippen LogP contribution is 2.22. The van der Waals surface area contributed by atoms with Gasteiger partial charge in [0.2, 0.25) is 14.8 Å². The molecule has 0 saturated carbocycles. The van der Waals surface area contributed by atoms with Crippen LogP contribution in [0.25, 0.3) is 10.2 Å². The van der Waals surface area contributed by atoms with E-state index < -0.39 is 20.0 Å². The van der Waals surface area contributed by atoms with E-state index in [2.05, 4.69) is 10.3 Å². The zero-order valence-corrected chi connectivity index (χ0v) is 16.7. The number of aromatic nitrogens is 1. The fourth-order valence-electron chi connectivity index (χ4n) is 2.31. The fourth-order valence-corrected chi connectivity index (χ4v) is 5.32. The molecule has 0 bridgehead atoms. The zero-order chi connectivity index (χ0) is 19.8. The Bertz CT molecular complexity index is 1350. The lowest BCUT2D eigenvalue weighted by atomic mass is 10.3. The lowest BCUT2D eigenvalue weighted by Crippen LogP contribution is -2.16. The Morgan fingerprint density at radius 2 is 1.74 bits per heavy atom. The van der Waals surface area contributed by atoms with Gasteiger partial charge in [0.15, 0.2) is 0 Å². The summed E-state index contributed by atoms with van der Waals surface area (Å²) >= 11 is 6.78. The molecular weight excluding hydrogens is 430 g/mol. The first-order chi connectivity index (χ1) is 12.6. The van der Waals surface area contributed by atoms with E-state index in [4.69, 9.17) is 23.2 Å². The number of hydrogen-bond donors (Lipinski definition) is 1. The molecule has 0 aliphatic carbocycles. The normalized spacial score (nSPS) is 13.0. The summed E-state index contributed by atoms with van der Waals surface area (Å²) in [6.45, 7) is 0.0592. The van der Waals surface area contributed by atoms with E-state index in [1.807, 2.05) is 0 Å². The number of primary sulfonamides is 1. The van der Waals surface area contributed by atoms with Crippen molar-refractivity contribution >= 4 is 53.2 Å². The number of terminal acetylenes is 1. The van der Waals surface area contributed by atoms with Gasteiger partial charge < -0.3 is 4.57 Å². The molecule has 0 radical (unpaired) electrons. The Balaban J connectivity index is 2.26. The van der Waals surface area contributed by atoms with Gasteiger partial charge in [-0.05, 0) is 42.5 Å². The second-order valence-electron chi connectivity index (χ2n) is 5.37. The summed E-state index contributed by atoms with van der Waals surface area (Å²) in [5.74, 6) is 2.43. The summed E-state index contributed by atoms with van der Waals surface area (Å²) in [6.07, 6.45) is 5.38. The molecule has 0 atom stereocenters. The van der Waals surface area contributed by atoms with Crippen molar-refractivity contribution in [2.75, 3.05) is 0 Å². The average molecular weight is 442 g/mol. The smallest absolute Gasteiger partial charge is 0.285 e. The predicted octanol–water partition coefficient (Wildman–Crippen LogP) is 1.93. The van der Waals surface area contributed by atoms with Crippen molar-refractivity contribution in [3.8, 4) is 12.3 Å². The molecule has 1 heterocycles. The van der Waals surface area contributed by atoms with E-state index in [0.29, 0.717) is 15.2 Å². The van der Waals surface area contributed by atoms with Crippen molar-refractivity contribution in [3.05, 3.63) is 52.3 Å². The molecule has 3 aromatic rings. The molecule has 0 amide bonds. The molecule has 0 unspecified atom stereocenters. The van der Waals surface area contributed by atoms with Crippen LogP contribution in [0, 0.1) is 12.3 Å². The molecular formula is C16H12ClN3O4S3. The van der Waals surface area contributed by atoms with Crippen LogP contribution in [0.3, 0.4) is 0 Å². The molecule has 2 aromatic carbocycles. The summed E-state index contributed by atoms with van der Waals surface area (Å²) in [5, 5.41) is 5.55. The van der Waals surface area contributed by atoms with Crippen LogP contribution < -0.4 is 9.94 Å². The molecule has 0 fully saturated rings. The largest absolute Gasteiger partial charge is 0.304 e. The summed E-state index contributed by atoms with van der Waals surface area (Å²) in [4.78, 5) is 0.00234. The van der Waals surface area contributed by atoms with Crippen molar-refractivity contribution in [1.82, 2.24) is 4.57 Å². The molecule has 0 saturated heterocycles. The lowest BCUT2D eigenvalue weighted by Gasteiger charge is -2.02. The van der Waals surface area contributed by atoms with Gasteiger partial charge in [0, 0.05) is 5.02 Å². The first kappa shape index (κ1) is 19.6. The first-order valence-electron chi connectivity index (χ1n) is 7.28. The van der Waals surface area contributed by atoms with E-state index in [1.165, 1.54) is 47.0 Å². The molecule has 0 spiro atoms. The van der Waals surface area contributed by atoms with Crippen molar-refractivity contribution in [1.29, 1.82) is 0 Å². The molecule has 1 aromatic heterocycles. The quantitative estimate of drug-likeness (QED) is 0.623. The van der Waals surface area contributed by atoms with Crippen molar-refractivity contribution in [2.24, 2.45) is 9.54 Å². The zero-order valence-electron chi connectivity index (χ0n) is 13.5. The summed E-state index contributed by atoms with van der Waals surface area (Å²) in [7, 11) is -7.91. The maximum Gasteiger partial charge on any atom is 0.285 e. The highest BCUT2D eigenvalue weighted by molar-refractivity contribution is 7.90. The molecule has 7 nitrogen and oxygen atoms in total. The standard InChI is InChI=1S/C16H12ClN3O4S3/c1-2-9-20-14-8-7-13(26(18,21)22)10-15(14)25-16(20)19-27(23,24)12-5-3-11(17)4-6-12/h1,3-8,10H,9H2,(H2,18,21,22). The van der Waals surface area contributed by atoms with E-state index in [1.54, 1.807) is 0 Å². The number of sulfonamides is 2.